The van der Waals surface area contributed by atoms with E-state index in [0.29, 0.717) is 22.7 Å². The first-order valence-electron chi connectivity index (χ1n) is 6.18. The van der Waals surface area contributed by atoms with Gasteiger partial charge in [0.2, 0.25) is 5.89 Å². The monoisotopic (exact) mass is 262 g/mol. The van der Waals surface area contributed by atoms with Gasteiger partial charge in [-0.05, 0) is 24.3 Å². The molecule has 0 aliphatic heterocycles. The smallest absolute Gasteiger partial charge is 0.229 e. The molecule has 0 atom stereocenters. The lowest BCUT2D eigenvalue weighted by Crippen LogP contribution is -1.87. The lowest BCUT2D eigenvalue weighted by atomic mass is 10.2. The van der Waals surface area contributed by atoms with E-state index < -0.39 is 0 Å². The van der Waals surface area contributed by atoms with Crippen molar-refractivity contribution in [2.75, 3.05) is 5.73 Å². The highest BCUT2D eigenvalue weighted by molar-refractivity contribution is 5.92. The van der Waals surface area contributed by atoms with Gasteiger partial charge in [-0.3, -0.25) is 9.97 Å². The largest absolute Gasteiger partial charge is 0.436 e. The van der Waals surface area contributed by atoms with Crippen LogP contribution in [0.15, 0.2) is 53.2 Å². The van der Waals surface area contributed by atoms with Crippen molar-refractivity contribution < 1.29 is 4.42 Å². The van der Waals surface area contributed by atoms with Crippen molar-refractivity contribution in [3.05, 3.63) is 48.8 Å². The first-order chi connectivity index (χ1) is 9.83. The van der Waals surface area contributed by atoms with Gasteiger partial charge in [-0.1, -0.05) is 12.1 Å². The second kappa shape index (κ2) is 4.03. The number of para-hydroxylation sites is 2. The van der Waals surface area contributed by atoms with Gasteiger partial charge in [0.05, 0.1) is 16.8 Å². The summed E-state index contributed by atoms with van der Waals surface area (Å²) in [7, 11) is 0. The highest BCUT2D eigenvalue weighted by Gasteiger charge is 2.13. The van der Waals surface area contributed by atoms with Crippen LogP contribution in [0.4, 0.5) is 5.69 Å². The van der Waals surface area contributed by atoms with Crippen molar-refractivity contribution in [2.45, 2.75) is 0 Å². The number of fused-ring (bicyclic) bond motifs is 2. The Balaban J connectivity index is 2.04. The molecule has 5 nitrogen and oxygen atoms in total. The zero-order valence-electron chi connectivity index (χ0n) is 10.4. The Labute approximate surface area is 114 Å². The summed E-state index contributed by atoms with van der Waals surface area (Å²) in [5.74, 6) is 0.504. The maximum absolute atomic E-state index is 5.91. The number of nitrogen functional groups attached to an aromatic ring is 1. The predicted octanol–water partition coefficient (Wildman–Crippen LogP) is 3.02. The zero-order chi connectivity index (χ0) is 13.5. The molecule has 96 valence electrons. The highest BCUT2D eigenvalue weighted by Crippen LogP contribution is 2.30. The van der Waals surface area contributed by atoms with E-state index in [1.165, 1.54) is 0 Å². The Kier molecular flexibility index (Phi) is 2.20. The summed E-state index contributed by atoms with van der Waals surface area (Å²) in [4.78, 5) is 13.1. The molecule has 0 aliphatic carbocycles. The molecule has 2 aromatic heterocycles. The molecule has 0 aliphatic rings. The van der Waals surface area contributed by atoms with Gasteiger partial charge in [-0.25, -0.2) is 4.98 Å². The number of hydrogen-bond donors (Lipinski definition) is 1. The van der Waals surface area contributed by atoms with Gasteiger partial charge in [0, 0.05) is 12.4 Å². The van der Waals surface area contributed by atoms with Crippen LogP contribution in [0.2, 0.25) is 0 Å². The molecular formula is C15H10N4O. The number of hydrogen-bond acceptors (Lipinski definition) is 5. The molecule has 20 heavy (non-hydrogen) atoms. The molecule has 0 radical (unpaired) electrons. The molecule has 0 fully saturated rings. The van der Waals surface area contributed by atoms with E-state index in [2.05, 4.69) is 15.0 Å². The molecule has 4 aromatic rings. The van der Waals surface area contributed by atoms with E-state index >= 15 is 0 Å². The van der Waals surface area contributed by atoms with Crippen molar-refractivity contribution in [1.82, 2.24) is 15.0 Å². The third-order valence-electron chi connectivity index (χ3n) is 3.18. The highest BCUT2D eigenvalue weighted by atomic mass is 16.3. The van der Waals surface area contributed by atoms with Crippen LogP contribution in [0, 0.1) is 0 Å². The third kappa shape index (κ3) is 1.53. The van der Waals surface area contributed by atoms with Crippen LogP contribution < -0.4 is 5.73 Å². The molecule has 2 heterocycles. The number of nitrogens with two attached hydrogens (primary N) is 1. The number of nitrogens with zero attached hydrogens (tertiary/aromatic N) is 3. The number of aromatic nitrogens is 3. The van der Waals surface area contributed by atoms with Crippen LogP contribution in [-0.2, 0) is 0 Å². The molecule has 0 saturated heterocycles. The minimum Gasteiger partial charge on any atom is -0.436 e. The van der Waals surface area contributed by atoms with Gasteiger partial charge in [0.15, 0.2) is 5.58 Å². The molecule has 0 saturated carbocycles. The maximum Gasteiger partial charge on any atom is 0.229 e. The average molecular weight is 262 g/mol. The van der Waals surface area contributed by atoms with E-state index in [4.69, 9.17) is 10.2 Å². The number of rotatable bonds is 1. The fourth-order valence-corrected chi connectivity index (χ4v) is 2.25. The number of benzene rings is 2. The summed E-state index contributed by atoms with van der Waals surface area (Å²) in [6.45, 7) is 0. The lowest BCUT2D eigenvalue weighted by Gasteiger charge is -2.00. The van der Waals surface area contributed by atoms with E-state index in [1.54, 1.807) is 18.5 Å². The first kappa shape index (κ1) is 10.9. The second-order valence-corrected chi connectivity index (χ2v) is 4.44. The molecule has 2 aromatic carbocycles. The number of anilines is 1. The topological polar surface area (TPSA) is 77.8 Å². The molecular weight excluding hydrogens is 252 g/mol. The predicted molar refractivity (Wildman–Crippen MR) is 77.0 cm³/mol. The summed E-state index contributed by atoms with van der Waals surface area (Å²) in [6.07, 6.45) is 3.32. The summed E-state index contributed by atoms with van der Waals surface area (Å²) in [5, 5.41) is 0. The van der Waals surface area contributed by atoms with Crippen LogP contribution in [0.3, 0.4) is 0 Å². The van der Waals surface area contributed by atoms with Gasteiger partial charge < -0.3 is 10.2 Å². The van der Waals surface area contributed by atoms with E-state index in [-0.39, 0.29) is 0 Å². The van der Waals surface area contributed by atoms with E-state index in [0.717, 1.165) is 16.6 Å². The van der Waals surface area contributed by atoms with Crippen LogP contribution >= 0.6 is 0 Å². The van der Waals surface area contributed by atoms with E-state index in [9.17, 15) is 0 Å². The average Bonchev–Trinajstić information content (AvgIpc) is 2.92. The van der Waals surface area contributed by atoms with Gasteiger partial charge in [-0.2, -0.15) is 0 Å². The SMILES string of the molecule is Nc1cccc2oc(-c3cccc4nccnc34)nc12. The minimum absolute atomic E-state index is 0.504. The van der Waals surface area contributed by atoms with Crippen LogP contribution in [0.25, 0.3) is 33.6 Å². The summed E-state index contributed by atoms with van der Waals surface area (Å²) in [6, 6.07) is 11.2. The second-order valence-electron chi connectivity index (χ2n) is 4.44. The third-order valence-corrected chi connectivity index (χ3v) is 3.18. The Morgan fingerprint density at radius 3 is 2.65 bits per heavy atom. The summed E-state index contributed by atoms with van der Waals surface area (Å²) >= 11 is 0. The molecule has 2 N–H and O–H groups in total. The molecule has 0 bridgehead atoms. The quantitative estimate of drug-likeness (QED) is 0.533. The fraction of sp³-hybridized carbons (Fsp3) is 0. The molecule has 0 unspecified atom stereocenters. The van der Waals surface area contributed by atoms with Crippen molar-refractivity contribution in [1.29, 1.82) is 0 Å². The van der Waals surface area contributed by atoms with Crippen LogP contribution in [-0.4, -0.2) is 15.0 Å². The normalized spacial score (nSPS) is 11.2. The summed E-state index contributed by atoms with van der Waals surface area (Å²) in [5.41, 5.74) is 10.2. The first-order valence-corrected chi connectivity index (χ1v) is 6.18. The lowest BCUT2D eigenvalue weighted by molar-refractivity contribution is 0.620. The van der Waals surface area contributed by atoms with Crippen molar-refractivity contribution in [3.63, 3.8) is 0 Å². The van der Waals surface area contributed by atoms with Crippen LogP contribution in [0.5, 0.6) is 0 Å². The van der Waals surface area contributed by atoms with Gasteiger partial charge in [0.1, 0.15) is 11.0 Å². The van der Waals surface area contributed by atoms with E-state index in [1.807, 2.05) is 30.3 Å². The fourth-order valence-electron chi connectivity index (χ4n) is 2.25. The van der Waals surface area contributed by atoms with Gasteiger partial charge >= 0.3 is 0 Å². The van der Waals surface area contributed by atoms with Crippen molar-refractivity contribution >= 4 is 27.8 Å². The van der Waals surface area contributed by atoms with Crippen molar-refractivity contribution in [2.24, 2.45) is 0 Å². The Morgan fingerprint density at radius 2 is 1.75 bits per heavy atom. The number of oxazole rings is 1. The van der Waals surface area contributed by atoms with Crippen molar-refractivity contribution in [3.8, 4) is 11.5 Å². The molecule has 5 heteroatoms. The molecule has 0 spiro atoms. The summed E-state index contributed by atoms with van der Waals surface area (Å²) < 4.78 is 5.78. The zero-order valence-corrected chi connectivity index (χ0v) is 10.4. The Bertz CT molecular complexity index is 924. The Hall–Kier alpha value is -2.95. The molecule has 4 rings (SSSR count). The standard InChI is InChI=1S/C15H10N4O/c16-10-4-2-6-12-14(10)19-15(20-12)9-3-1-5-11-13(9)18-8-7-17-11/h1-8H,16H2. The minimum atomic E-state index is 0.504. The van der Waals surface area contributed by atoms with Gasteiger partial charge in [-0.15, -0.1) is 0 Å². The maximum atomic E-state index is 5.91. The van der Waals surface area contributed by atoms with Crippen LogP contribution in [0.1, 0.15) is 0 Å². The molecule has 0 amide bonds. The van der Waals surface area contributed by atoms with Gasteiger partial charge in [0.25, 0.3) is 0 Å². The Morgan fingerprint density at radius 1 is 0.900 bits per heavy atom.